The van der Waals surface area contributed by atoms with Crippen molar-refractivity contribution in [3.05, 3.63) is 42.2 Å². The van der Waals surface area contributed by atoms with Gasteiger partial charge in [0, 0.05) is 0 Å². The van der Waals surface area contributed by atoms with Gasteiger partial charge in [-0.25, -0.2) is 4.68 Å². The van der Waals surface area contributed by atoms with Crippen molar-refractivity contribution in [2.75, 3.05) is 0 Å². The minimum absolute atomic E-state index is 0.266. The van der Waals surface area contributed by atoms with Gasteiger partial charge in [-0.1, -0.05) is 49.1 Å². The van der Waals surface area contributed by atoms with Gasteiger partial charge in [-0.2, -0.15) is 0 Å². The molecule has 0 saturated heterocycles. The molecule has 1 saturated carbocycles. The number of carbonyl (C=O) groups is 1. The molecule has 1 aliphatic carbocycles. The molecule has 0 aliphatic heterocycles. The van der Waals surface area contributed by atoms with Crippen LogP contribution >= 0.6 is 0 Å². The molecule has 5 heteroatoms. The summed E-state index contributed by atoms with van der Waals surface area (Å²) in [6, 6.07) is 9.39. The molecule has 21 heavy (non-hydrogen) atoms. The molecule has 0 radical (unpaired) electrons. The van der Waals surface area contributed by atoms with E-state index in [-0.39, 0.29) is 5.78 Å². The van der Waals surface area contributed by atoms with E-state index in [1.807, 2.05) is 30.3 Å². The summed E-state index contributed by atoms with van der Waals surface area (Å²) in [6.07, 6.45) is 6.40. The lowest BCUT2D eigenvalue weighted by Crippen LogP contribution is -2.39. The summed E-state index contributed by atoms with van der Waals surface area (Å²) in [5.41, 5.74) is -0.147. The Hall–Kier alpha value is -2.01. The van der Waals surface area contributed by atoms with Crippen molar-refractivity contribution < 1.29 is 9.90 Å². The number of hydrogen-bond donors (Lipinski definition) is 1. The second-order valence-corrected chi connectivity index (χ2v) is 5.64. The first-order valence-corrected chi connectivity index (χ1v) is 7.44. The lowest BCUT2D eigenvalue weighted by atomic mass is 9.88. The molecule has 1 aromatic carbocycles. The van der Waals surface area contributed by atoms with Crippen LogP contribution < -0.4 is 0 Å². The normalized spacial score (nSPS) is 18.1. The van der Waals surface area contributed by atoms with Gasteiger partial charge in [0.1, 0.15) is 11.3 Å². The van der Waals surface area contributed by atoms with E-state index in [0.717, 1.165) is 31.4 Å². The predicted molar refractivity (Wildman–Crippen MR) is 78.3 cm³/mol. The molecule has 1 aromatic heterocycles. The zero-order valence-corrected chi connectivity index (χ0v) is 11.9. The number of nitrogens with zero attached hydrogens (tertiary/aromatic N) is 3. The molecule has 110 valence electrons. The molecule has 5 nitrogen and oxygen atoms in total. The molecule has 1 fully saturated rings. The number of aliphatic hydroxyl groups is 1. The first-order chi connectivity index (χ1) is 10.2. The van der Waals surface area contributed by atoms with E-state index in [1.54, 1.807) is 0 Å². The molecular weight excluding hydrogens is 266 g/mol. The van der Waals surface area contributed by atoms with E-state index in [4.69, 9.17) is 0 Å². The second-order valence-electron chi connectivity index (χ2n) is 5.64. The van der Waals surface area contributed by atoms with Crippen molar-refractivity contribution in [3.8, 4) is 5.69 Å². The van der Waals surface area contributed by atoms with Crippen LogP contribution in [0.3, 0.4) is 0 Å². The Morgan fingerprint density at radius 1 is 1.10 bits per heavy atom. The van der Waals surface area contributed by atoms with Gasteiger partial charge in [-0.3, -0.25) is 4.79 Å². The van der Waals surface area contributed by atoms with Gasteiger partial charge in [0.15, 0.2) is 0 Å². The van der Waals surface area contributed by atoms with E-state index in [2.05, 4.69) is 10.3 Å². The van der Waals surface area contributed by atoms with E-state index in [1.165, 1.54) is 10.9 Å². The SMILES string of the molecule is O=C(c1cnnn1-c1ccccc1)C1(O)CCCCCC1. The van der Waals surface area contributed by atoms with E-state index >= 15 is 0 Å². The van der Waals surface area contributed by atoms with E-state index < -0.39 is 5.60 Å². The van der Waals surface area contributed by atoms with Crippen molar-refractivity contribution in [3.63, 3.8) is 0 Å². The van der Waals surface area contributed by atoms with Crippen LogP contribution in [0.1, 0.15) is 49.0 Å². The quantitative estimate of drug-likeness (QED) is 0.695. The number of rotatable bonds is 3. The molecule has 2 aromatic rings. The van der Waals surface area contributed by atoms with Crippen molar-refractivity contribution in [1.82, 2.24) is 15.0 Å². The third-order valence-electron chi connectivity index (χ3n) is 4.14. The topological polar surface area (TPSA) is 68.0 Å². The maximum atomic E-state index is 12.8. The van der Waals surface area contributed by atoms with Crippen LogP contribution in [0.15, 0.2) is 36.5 Å². The predicted octanol–water partition coefficient (Wildman–Crippen LogP) is 2.54. The maximum Gasteiger partial charge on any atom is 0.214 e. The molecule has 0 spiro atoms. The number of para-hydroxylation sites is 1. The third kappa shape index (κ3) is 2.74. The third-order valence-corrected chi connectivity index (χ3v) is 4.14. The zero-order valence-electron chi connectivity index (χ0n) is 11.9. The van der Waals surface area contributed by atoms with E-state index in [9.17, 15) is 9.90 Å². The van der Waals surface area contributed by atoms with Gasteiger partial charge in [0.05, 0.1) is 11.9 Å². The van der Waals surface area contributed by atoms with Crippen LogP contribution in [0, 0.1) is 0 Å². The van der Waals surface area contributed by atoms with Gasteiger partial charge in [0.2, 0.25) is 5.78 Å². The number of benzene rings is 1. The highest BCUT2D eigenvalue weighted by atomic mass is 16.3. The molecule has 1 N–H and O–H groups in total. The van der Waals surface area contributed by atoms with Crippen molar-refractivity contribution >= 4 is 5.78 Å². The summed E-state index contributed by atoms with van der Waals surface area (Å²) < 4.78 is 1.51. The fourth-order valence-corrected chi connectivity index (χ4v) is 2.93. The first kappa shape index (κ1) is 13.9. The standard InChI is InChI=1S/C16H19N3O2/c20-15(16(21)10-6-1-2-7-11-16)14-12-17-18-19(14)13-8-4-3-5-9-13/h3-5,8-9,12,21H,1-2,6-7,10-11H2. The van der Waals surface area contributed by atoms with E-state index in [0.29, 0.717) is 18.5 Å². The Morgan fingerprint density at radius 3 is 2.43 bits per heavy atom. The zero-order chi connectivity index (χ0) is 14.7. The Balaban J connectivity index is 1.94. The number of carbonyl (C=O) groups excluding carboxylic acids is 1. The Labute approximate surface area is 123 Å². The van der Waals surface area contributed by atoms with Crippen LogP contribution in [0.2, 0.25) is 0 Å². The fraction of sp³-hybridized carbons (Fsp3) is 0.438. The second kappa shape index (κ2) is 5.77. The summed E-state index contributed by atoms with van der Waals surface area (Å²) in [5.74, 6) is -0.266. The largest absolute Gasteiger partial charge is 0.382 e. The highest BCUT2D eigenvalue weighted by Gasteiger charge is 2.38. The molecule has 1 aliphatic rings. The highest BCUT2D eigenvalue weighted by molar-refractivity contribution is 6.01. The average molecular weight is 285 g/mol. The van der Waals surface area contributed by atoms with Crippen molar-refractivity contribution in [1.29, 1.82) is 0 Å². The maximum absolute atomic E-state index is 12.8. The summed E-state index contributed by atoms with van der Waals surface area (Å²) in [7, 11) is 0. The minimum atomic E-state index is -1.27. The number of ketones is 1. The van der Waals surface area contributed by atoms with Gasteiger partial charge in [-0.15, -0.1) is 5.10 Å². The van der Waals surface area contributed by atoms with Gasteiger partial charge in [0.25, 0.3) is 0 Å². The summed E-state index contributed by atoms with van der Waals surface area (Å²) in [6.45, 7) is 0. The Bertz CT molecular complexity index is 613. The molecule has 3 rings (SSSR count). The minimum Gasteiger partial charge on any atom is -0.382 e. The fourth-order valence-electron chi connectivity index (χ4n) is 2.93. The van der Waals surface area contributed by atoms with Crippen molar-refractivity contribution in [2.45, 2.75) is 44.1 Å². The van der Waals surface area contributed by atoms with Crippen LogP contribution in [0.4, 0.5) is 0 Å². The monoisotopic (exact) mass is 285 g/mol. The summed E-state index contributed by atoms with van der Waals surface area (Å²) in [4.78, 5) is 12.8. The van der Waals surface area contributed by atoms with Crippen LogP contribution in [0.5, 0.6) is 0 Å². The lowest BCUT2D eigenvalue weighted by Gasteiger charge is -2.24. The number of Topliss-reactive ketones (excluding diaryl/α,β-unsaturated/α-hetero) is 1. The van der Waals surface area contributed by atoms with Gasteiger partial charge < -0.3 is 5.11 Å². The van der Waals surface area contributed by atoms with Crippen molar-refractivity contribution in [2.24, 2.45) is 0 Å². The molecule has 0 atom stereocenters. The Kier molecular flexibility index (Phi) is 3.84. The van der Waals surface area contributed by atoms with Gasteiger partial charge >= 0.3 is 0 Å². The van der Waals surface area contributed by atoms with Crippen LogP contribution in [0.25, 0.3) is 5.69 Å². The first-order valence-electron chi connectivity index (χ1n) is 7.44. The van der Waals surface area contributed by atoms with Crippen LogP contribution in [-0.4, -0.2) is 31.5 Å². The smallest absolute Gasteiger partial charge is 0.214 e. The molecule has 1 heterocycles. The Morgan fingerprint density at radius 2 is 1.76 bits per heavy atom. The highest BCUT2D eigenvalue weighted by Crippen LogP contribution is 2.30. The van der Waals surface area contributed by atoms with Crippen LogP contribution in [-0.2, 0) is 0 Å². The lowest BCUT2D eigenvalue weighted by molar-refractivity contribution is 0.0230. The summed E-state index contributed by atoms with van der Waals surface area (Å²) in [5, 5.41) is 18.6. The average Bonchev–Trinajstić information content (AvgIpc) is 2.90. The molecular formula is C16H19N3O2. The molecule has 0 unspecified atom stereocenters. The molecule has 0 bridgehead atoms. The summed E-state index contributed by atoms with van der Waals surface area (Å²) >= 11 is 0. The number of aromatic nitrogens is 3. The number of hydrogen-bond acceptors (Lipinski definition) is 4. The van der Waals surface area contributed by atoms with Gasteiger partial charge in [-0.05, 0) is 25.0 Å². The molecule has 0 amide bonds.